The van der Waals surface area contributed by atoms with Crippen LogP contribution in [-0.4, -0.2) is 13.0 Å². The molecule has 1 N–H and O–H groups in total. The molecular weight excluding hydrogens is 301 g/mol. The first kappa shape index (κ1) is 14.5. The van der Waals surface area contributed by atoms with Crippen molar-refractivity contribution in [2.24, 2.45) is 0 Å². The van der Waals surface area contributed by atoms with Gasteiger partial charge in [-0.05, 0) is 47.3 Å². The van der Waals surface area contributed by atoms with E-state index >= 15 is 0 Å². The number of thiophene rings is 1. The number of carbonyl (C=O) groups excluding carboxylic acids is 1. The summed E-state index contributed by atoms with van der Waals surface area (Å²) in [4.78, 5) is 12.8. The van der Waals surface area contributed by atoms with Crippen LogP contribution in [0.2, 0.25) is 0 Å². The Hall–Kier alpha value is -2.40. The van der Waals surface area contributed by atoms with Crippen molar-refractivity contribution in [1.82, 2.24) is 5.32 Å². The molecule has 1 aromatic heterocycles. The lowest BCUT2D eigenvalue weighted by molar-refractivity contribution is 0.0955. The van der Waals surface area contributed by atoms with E-state index in [1.54, 1.807) is 19.2 Å². The summed E-state index contributed by atoms with van der Waals surface area (Å²) in [6, 6.07) is 13.7. The summed E-state index contributed by atoms with van der Waals surface area (Å²) in [5, 5.41) is 3.61. The van der Waals surface area contributed by atoms with Crippen LogP contribution in [0.1, 0.15) is 15.2 Å². The molecule has 0 radical (unpaired) electrons. The number of halogens is 1. The molecule has 5 heteroatoms. The van der Waals surface area contributed by atoms with Gasteiger partial charge in [-0.15, -0.1) is 11.3 Å². The van der Waals surface area contributed by atoms with Crippen LogP contribution >= 0.6 is 11.3 Å². The van der Waals surface area contributed by atoms with Gasteiger partial charge >= 0.3 is 0 Å². The third kappa shape index (κ3) is 3.09. The minimum Gasteiger partial charge on any atom is -0.497 e. The average Bonchev–Trinajstić information content (AvgIpc) is 2.96. The van der Waals surface area contributed by atoms with Gasteiger partial charge in [-0.3, -0.25) is 4.79 Å². The first-order valence-corrected chi connectivity index (χ1v) is 7.57. The van der Waals surface area contributed by atoms with E-state index in [0.717, 1.165) is 21.4 Å². The van der Waals surface area contributed by atoms with Crippen LogP contribution in [0.4, 0.5) is 4.39 Å². The standard InChI is InChI=1S/C17H14FNO2S/c1-21-14-5-2-11(3-6-14)10-19-17(20)16-9-12-8-13(18)4-7-15(12)22-16/h2-9H,10H2,1H3,(H,19,20). The van der Waals surface area contributed by atoms with Gasteiger partial charge in [0.05, 0.1) is 12.0 Å². The molecular formula is C17H14FNO2S. The molecule has 0 saturated carbocycles. The van der Waals surface area contributed by atoms with E-state index < -0.39 is 0 Å². The number of methoxy groups -OCH3 is 1. The van der Waals surface area contributed by atoms with E-state index in [0.29, 0.717) is 11.4 Å². The maximum Gasteiger partial charge on any atom is 0.261 e. The molecule has 1 amide bonds. The molecule has 0 aliphatic rings. The first-order chi connectivity index (χ1) is 10.7. The molecule has 0 saturated heterocycles. The minimum atomic E-state index is -0.296. The highest BCUT2D eigenvalue weighted by molar-refractivity contribution is 7.20. The van der Waals surface area contributed by atoms with Gasteiger partial charge in [-0.1, -0.05) is 12.1 Å². The van der Waals surface area contributed by atoms with Crippen LogP contribution in [0.15, 0.2) is 48.5 Å². The monoisotopic (exact) mass is 315 g/mol. The van der Waals surface area contributed by atoms with Crippen molar-refractivity contribution in [3.8, 4) is 5.75 Å². The van der Waals surface area contributed by atoms with Crippen LogP contribution in [0, 0.1) is 5.82 Å². The summed E-state index contributed by atoms with van der Waals surface area (Å²) < 4.78 is 19.2. The number of carbonyl (C=O) groups is 1. The lowest BCUT2D eigenvalue weighted by atomic mass is 10.2. The number of benzene rings is 2. The van der Waals surface area contributed by atoms with Crippen LogP contribution < -0.4 is 10.1 Å². The molecule has 0 fully saturated rings. The SMILES string of the molecule is COc1ccc(CNC(=O)c2cc3cc(F)ccc3s2)cc1. The molecule has 0 bridgehead atoms. The highest BCUT2D eigenvalue weighted by Crippen LogP contribution is 2.26. The van der Waals surface area contributed by atoms with Gasteiger partial charge in [0, 0.05) is 11.2 Å². The Balaban J connectivity index is 1.69. The third-order valence-corrected chi connectivity index (χ3v) is 4.43. The van der Waals surface area contributed by atoms with E-state index in [1.807, 2.05) is 24.3 Å². The number of amides is 1. The second-order valence-corrected chi connectivity index (χ2v) is 5.91. The Morgan fingerprint density at radius 1 is 1.18 bits per heavy atom. The van der Waals surface area contributed by atoms with E-state index in [9.17, 15) is 9.18 Å². The Morgan fingerprint density at radius 3 is 2.68 bits per heavy atom. The Bertz CT molecular complexity index is 811. The summed E-state index contributed by atoms with van der Waals surface area (Å²) in [6.07, 6.45) is 0. The zero-order valence-corrected chi connectivity index (χ0v) is 12.7. The highest BCUT2D eigenvalue weighted by atomic mass is 32.1. The van der Waals surface area contributed by atoms with Gasteiger partial charge in [0.25, 0.3) is 5.91 Å². The Kier molecular flexibility index (Phi) is 4.06. The van der Waals surface area contributed by atoms with Gasteiger partial charge in [0.15, 0.2) is 0 Å². The molecule has 0 unspecified atom stereocenters. The van der Waals surface area contributed by atoms with Crippen molar-refractivity contribution in [3.05, 3.63) is 64.8 Å². The van der Waals surface area contributed by atoms with Crippen molar-refractivity contribution in [2.75, 3.05) is 7.11 Å². The van der Waals surface area contributed by atoms with E-state index in [1.165, 1.54) is 23.5 Å². The second-order valence-electron chi connectivity index (χ2n) is 4.82. The van der Waals surface area contributed by atoms with E-state index in [2.05, 4.69) is 5.32 Å². The third-order valence-electron chi connectivity index (χ3n) is 3.31. The highest BCUT2D eigenvalue weighted by Gasteiger charge is 2.10. The van der Waals surface area contributed by atoms with Crippen molar-refractivity contribution >= 4 is 27.3 Å². The van der Waals surface area contributed by atoms with E-state index in [-0.39, 0.29) is 11.7 Å². The van der Waals surface area contributed by atoms with Crippen LogP contribution in [0.3, 0.4) is 0 Å². The topological polar surface area (TPSA) is 38.3 Å². The zero-order chi connectivity index (χ0) is 15.5. The van der Waals surface area contributed by atoms with Crippen molar-refractivity contribution < 1.29 is 13.9 Å². The molecule has 112 valence electrons. The molecule has 0 aliphatic carbocycles. The fourth-order valence-electron chi connectivity index (χ4n) is 2.14. The summed E-state index contributed by atoms with van der Waals surface area (Å²) in [6.45, 7) is 0.436. The average molecular weight is 315 g/mol. The Morgan fingerprint density at radius 2 is 1.95 bits per heavy atom. The van der Waals surface area contributed by atoms with Gasteiger partial charge in [-0.2, -0.15) is 0 Å². The van der Waals surface area contributed by atoms with Crippen LogP contribution in [0.5, 0.6) is 5.75 Å². The Labute approximate surface area is 131 Å². The molecule has 2 aromatic carbocycles. The van der Waals surface area contributed by atoms with Gasteiger partial charge in [0.1, 0.15) is 11.6 Å². The number of ether oxygens (including phenoxy) is 1. The maximum atomic E-state index is 13.2. The number of hydrogen-bond donors (Lipinski definition) is 1. The summed E-state index contributed by atoms with van der Waals surface area (Å²) in [5.74, 6) is 0.328. The quantitative estimate of drug-likeness (QED) is 0.791. The fraction of sp³-hybridized carbons (Fsp3) is 0.118. The zero-order valence-electron chi connectivity index (χ0n) is 11.9. The predicted molar refractivity (Wildman–Crippen MR) is 85.9 cm³/mol. The minimum absolute atomic E-state index is 0.155. The second kappa shape index (κ2) is 6.15. The molecule has 22 heavy (non-hydrogen) atoms. The van der Waals surface area contributed by atoms with Crippen molar-refractivity contribution in [3.63, 3.8) is 0 Å². The number of fused-ring (bicyclic) bond motifs is 1. The predicted octanol–water partition coefficient (Wildman–Crippen LogP) is 3.98. The molecule has 0 spiro atoms. The summed E-state index contributed by atoms with van der Waals surface area (Å²) in [5.41, 5.74) is 0.987. The summed E-state index contributed by atoms with van der Waals surface area (Å²) in [7, 11) is 1.61. The first-order valence-electron chi connectivity index (χ1n) is 6.76. The molecule has 0 atom stereocenters. The lowest BCUT2D eigenvalue weighted by Crippen LogP contribution is -2.21. The largest absolute Gasteiger partial charge is 0.497 e. The fourth-order valence-corrected chi connectivity index (χ4v) is 3.10. The molecule has 1 heterocycles. The van der Waals surface area contributed by atoms with Gasteiger partial charge in [0.2, 0.25) is 0 Å². The number of hydrogen-bond acceptors (Lipinski definition) is 3. The molecule has 3 nitrogen and oxygen atoms in total. The van der Waals surface area contributed by atoms with Gasteiger partial charge in [-0.25, -0.2) is 4.39 Å². The van der Waals surface area contributed by atoms with Crippen LogP contribution in [0.25, 0.3) is 10.1 Å². The van der Waals surface area contributed by atoms with Crippen molar-refractivity contribution in [2.45, 2.75) is 6.54 Å². The van der Waals surface area contributed by atoms with Gasteiger partial charge < -0.3 is 10.1 Å². The summed E-state index contributed by atoms with van der Waals surface area (Å²) >= 11 is 1.36. The number of nitrogens with one attached hydrogen (secondary N) is 1. The number of rotatable bonds is 4. The molecule has 3 rings (SSSR count). The molecule has 3 aromatic rings. The van der Waals surface area contributed by atoms with Crippen LogP contribution in [-0.2, 0) is 6.54 Å². The normalized spacial score (nSPS) is 10.6. The smallest absolute Gasteiger partial charge is 0.261 e. The molecule has 0 aliphatic heterocycles. The maximum absolute atomic E-state index is 13.2. The van der Waals surface area contributed by atoms with Crippen molar-refractivity contribution in [1.29, 1.82) is 0 Å². The van der Waals surface area contributed by atoms with E-state index in [4.69, 9.17) is 4.74 Å². The lowest BCUT2D eigenvalue weighted by Gasteiger charge is -2.05.